The van der Waals surface area contributed by atoms with Crippen molar-refractivity contribution in [2.24, 2.45) is 4.99 Å². The molecule has 0 saturated carbocycles. The van der Waals surface area contributed by atoms with E-state index in [9.17, 15) is 18.0 Å². The Labute approximate surface area is 187 Å². The van der Waals surface area contributed by atoms with E-state index in [1.165, 1.54) is 17.9 Å². The molecule has 1 N–H and O–H groups in total. The summed E-state index contributed by atoms with van der Waals surface area (Å²) in [5.41, 5.74) is 2.40. The number of anilines is 1. The van der Waals surface area contributed by atoms with Gasteiger partial charge in [-0.2, -0.15) is 0 Å². The SMILES string of the molecule is C[C@H](N=C1NS(=O)(=O)c2ccccc21)C(=O)OCC(=O)N(C)Cc1ccc(N(C)C)cc1. The number of sulfonamides is 1. The average Bonchev–Trinajstić information content (AvgIpc) is 3.02. The number of carbonyl (C=O) groups excluding carboxylic acids is 2. The first kappa shape index (κ1) is 23.3. The van der Waals surface area contributed by atoms with Crippen molar-refractivity contribution in [1.82, 2.24) is 9.62 Å². The lowest BCUT2D eigenvalue weighted by Gasteiger charge is -2.18. The van der Waals surface area contributed by atoms with Gasteiger partial charge in [-0.25, -0.2) is 13.2 Å². The van der Waals surface area contributed by atoms with E-state index in [-0.39, 0.29) is 16.6 Å². The third kappa shape index (κ3) is 5.25. The molecule has 0 saturated heterocycles. The summed E-state index contributed by atoms with van der Waals surface area (Å²) in [6.45, 7) is 1.42. The van der Waals surface area contributed by atoms with Crippen molar-refractivity contribution < 1.29 is 22.7 Å². The highest BCUT2D eigenvalue weighted by atomic mass is 32.2. The standard InChI is InChI=1S/C22H26N4O5S/c1-15(23-21-18-7-5-6-8-19(18)32(29,30)24-21)22(28)31-14-20(27)26(4)13-16-9-11-17(12-10-16)25(2)3/h5-12,15H,13-14H2,1-4H3,(H,23,24)/t15-/m0/s1. The predicted molar refractivity (Wildman–Crippen MR) is 121 cm³/mol. The van der Waals surface area contributed by atoms with E-state index in [0.29, 0.717) is 12.1 Å². The molecule has 1 aliphatic rings. The summed E-state index contributed by atoms with van der Waals surface area (Å²) < 4.78 is 31.7. The number of esters is 1. The number of hydrogen-bond donors (Lipinski definition) is 1. The van der Waals surface area contributed by atoms with Gasteiger partial charge in [0.25, 0.3) is 15.9 Å². The number of aliphatic imine (C=N–C) groups is 1. The van der Waals surface area contributed by atoms with Crippen LogP contribution < -0.4 is 9.62 Å². The molecule has 10 heteroatoms. The summed E-state index contributed by atoms with van der Waals surface area (Å²) in [4.78, 5) is 32.4. The molecule has 9 nitrogen and oxygen atoms in total. The summed E-state index contributed by atoms with van der Waals surface area (Å²) in [5, 5.41) is 0. The van der Waals surface area contributed by atoms with Gasteiger partial charge < -0.3 is 14.5 Å². The average molecular weight is 459 g/mol. The van der Waals surface area contributed by atoms with Gasteiger partial charge in [0, 0.05) is 38.9 Å². The normalized spacial score (nSPS) is 16.1. The number of likely N-dealkylation sites (N-methyl/N-ethyl adjacent to an activating group) is 1. The van der Waals surface area contributed by atoms with Crippen molar-refractivity contribution in [3.05, 3.63) is 59.7 Å². The van der Waals surface area contributed by atoms with E-state index in [1.807, 2.05) is 43.3 Å². The molecule has 0 aromatic heterocycles. The van der Waals surface area contributed by atoms with Crippen molar-refractivity contribution in [2.75, 3.05) is 32.6 Å². The molecule has 0 spiro atoms. The zero-order chi connectivity index (χ0) is 23.5. The summed E-state index contributed by atoms with van der Waals surface area (Å²) in [7, 11) is 1.83. The van der Waals surface area contributed by atoms with Crippen molar-refractivity contribution in [3.63, 3.8) is 0 Å². The highest BCUT2D eigenvalue weighted by Crippen LogP contribution is 2.22. The van der Waals surface area contributed by atoms with Gasteiger partial charge >= 0.3 is 5.97 Å². The van der Waals surface area contributed by atoms with Gasteiger partial charge in [-0.1, -0.05) is 24.3 Å². The van der Waals surface area contributed by atoms with Gasteiger partial charge in [-0.05, 0) is 36.8 Å². The fourth-order valence-electron chi connectivity index (χ4n) is 3.10. The van der Waals surface area contributed by atoms with Gasteiger partial charge in [0.1, 0.15) is 11.9 Å². The maximum Gasteiger partial charge on any atom is 0.331 e. The lowest BCUT2D eigenvalue weighted by atomic mass is 10.2. The lowest BCUT2D eigenvalue weighted by Crippen LogP contribution is -2.33. The van der Waals surface area contributed by atoms with Gasteiger partial charge in [0.15, 0.2) is 6.61 Å². The van der Waals surface area contributed by atoms with Crippen LogP contribution in [0.2, 0.25) is 0 Å². The minimum atomic E-state index is -3.70. The fraction of sp³-hybridized carbons (Fsp3) is 0.318. The lowest BCUT2D eigenvalue weighted by molar-refractivity contribution is -0.152. The van der Waals surface area contributed by atoms with Crippen LogP contribution in [0.4, 0.5) is 5.69 Å². The van der Waals surface area contributed by atoms with E-state index >= 15 is 0 Å². The first-order valence-electron chi connectivity index (χ1n) is 9.95. The third-order valence-corrected chi connectivity index (χ3v) is 6.36. The predicted octanol–water partition coefficient (Wildman–Crippen LogP) is 1.38. The smallest absolute Gasteiger partial charge is 0.331 e. The fourth-order valence-corrected chi connectivity index (χ4v) is 4.34. The topological polar surface area (TPSA) is 108 Å². The second-order valence-electron chi connectivity index (χ2n) is 7.67. The van der Waals surface area contributed by atoms with Crippen molar-refractivity contribution in [3.8, 4) is 0 Å². The van der Waals surface area contributed by atoms with Gasteiger partial charge in [0.05, 0.1) is 4.90 Å². The second kappa shape index (κ2) is 9.39. The molecular weight excluding hydrogens is 432 g/mol. The molecule has 2 aromatic rings. The molecule has 0 fully saturated rings. The first-order valence-corrected chi connectivity index (χ1v) is 11.4. The van der Waals surface area contributed by atoms with Crippen molar-refractivity contribution in [2.45, 2.75) is 24.4 Å². The van der Waals surface area contributed by atoms with Gasteiger partial charge in [-0.15, -0.1) is 0 Å². The molecule has 1 aliphatic heterocycles. The van der Waals surface area contributed by atoms with E-state index < -0.39 is 28.6 Å². The minimum absolute atomic E-state index is 0.0784. The van der Waals surface area contributed by atoms with Crippen LogP contribution in [-0.2, 0) is 30.9 Å². The van der Waals surface area contributed by atoms with Crippen LogP contribution in [0, 0.1) is 0 Å². The molecule has 3 rings (SSSR count). The number of carbonyl (C=O) groups is 2. The van der Waals surface area contributed by atoms with Crippen molar-refractivity contribution in [1.29, 1.82) is 0 Å². The van der Waals surface area contributed by atoms with Crippen molar-refractivity contribution >= 4 is 33.4 Å². The van der Waals surface area contributed by atoms with Crippen LogP contribution in [0.3, 0.4) is 0 Å². The molecule has 0 bridgehead atoms. The molecule has 0 unspecified atom stereocenters. The number of amidine groups is 1. The summed E-state index contributed by atoms with van der Waals surface area (Å²) in [6.07, 6.45) is 0. The summed E-state index contributed by atoms with van der Waals surface area (Å²) >= 11 is 0. The molecule has 32 heavy (non-hydrogen) atoms. The van der Waals surface area contributed by atoms with Gasteiger partial charge in [0.2, 0.25) is 0 Å². The maximum atomic E-state index is 12.4. The highest BCUT2D eigenvalue weighted by molar-refractivity contribution is 7.90. The maximum absolute atomic E-state index is 12.4. The van der Waals surface area contributed by atoms with Crippen LogP contribution in [0.15, 0.2) is 58.4 Å². The summed E-state index contributed by atoms with van der Waals surface area (Å²) in [6, 6.07) is 13.2. The van der Waals surface area contributed by atoms with E-state index in [4.69, 9.17) is 4.74 Å². The number of fused-ring (bicyclic) bond motifs is 1. The molecule has 0 aliphatic carbocycles. The largest absolute Gasteiger partial charge is 0.454 e. The highest BCUT2D eigenvalue weighted by Gasteiger charge is 2.31. The quantitative estimate of drug-likeness (QED) is 0.628. The van der Waals surface area contributed by atoms with Crippen LogP contribution in [0.25, 0.3) is 0 Å². The number of ether oxygens (including phenoxy) is 1. The minimum Gasteiger partial charge on any atom is -0.454 e. The van der Waals surface area contributed by atoms with E-state index in [2.05, 4.69) is 9.71 Å². The Morgan fingerprint density at radius 3 is 2.38 bits per heavy atom. The number of nitrogens with one attached hydrogen (secondary N) is 1. The second-order valence-corrected chi connectivity index (χ2v) is 9.32. The number of nitrogens with zero attached hydrogens (tertiary/aromatic N) is 3. The molecule has 2 aromatic carbocycles. The van der Waals surface area contributed by atoms with Gasteiger partial charge in [-0.3, -0.25) is 14.5 Å². The van der Waals surface area contributed by atoms with Crippen LogP contribution in [0.5, 0.6) is 0 Å². The molecule has 1 heterocycles. The number of rotatable bonds is 7. The van der Waals surface area contributed by atoms with Crippen LogP contribution in [-0.4, -0.2) is 64.8 Å². The number of benzene rings is 2. The van der Waals surface area contributed by atoms with E-state index in [1.54, 1.807) is 25.2 Å². The number of amides is 1. The van der Waals surface area contributed by atoms with E-state index in [0.717, 1.165) is 11.3 Å². The Morgan fingerprint density at radius 1 is 1.06 bits per heavy atom. The number of hydrogen-bond acceptors (Lipinski definition) is 7. The Hall–Kier alpha value is -3.40. The molecule has 1 atom stereocenters. The Bertz CT molecular complexity index is 1140. The summed E-state index contributed by atoms with van der Waals surface area (Å²) in [5.74, 6) is -1.00. The third-order valence-electron chi connectivity index (χ3n) is 4.96. The molecule has 170 valence electrons. The monoisotopic (exact) mass is 458 g/mol. The first-order chi connectivity index (χ1) is 15.1. The zero-order valence-electron chi connectivity index (χ0n) is 18.4. The van der Waals surface area contributed by atoms with Crippen LogP contribution in [0.1, 0.15) is 18.1 Å². The Kier molecular flexibility index (Phi) is 6.83. The molecule has 1 amide bonds. The van der Waals surface area contributed by atoms with Crippen LogP contribution >= 0.6 is 0 Å². The Morgan fingerprint density at radius 2 is 1.72 bits per heavy atom. The Balaban J connectivity index is 1.56. The zero-order valence-corrected chi connectivity index (χ0v) is 19.2. The molecular formula is C22H26N4O5S. The molecule has 0 radical (unpaired) electrons.